The van der Waals surface area contributed by atoms with Crippen molar-refractivity contribution in [2.75, 3.05) is 0 Å². The largest absolute Gasteiger partial charge is 0.391 e. The van der Waals surface area contributed by atoms with Crippen LogP contribution in [0.4, 0.5) is 0 Å². The molecule has 0 aliphatic carbocycles. The molecule has 0 aromatic heterocycles. The molecule has 0 saturated carbocycles. The number of hydrogen-bond donors (Lipinski definition) is 0. The summed E-state index contributed by atoms with van der Waals surface area (Å²) in [5.74, 6) is -0.0237. The highest BCUT2D eigenvalue weighted by Crippen LogP contribution is 2.21. The van der Waals surface area contributed by atoms with Crippen molar-refractivity contribution < 1.29 is 9.63 Å². The van der Waals surface area contributed by atoms with Crippen LogP contribution in [0.15, 0.2) is 52.1 Å². The molecule has 3 nitrogen and oxygen atoms in total. The number of nitrogens with zero attached hydrogens (tertiary/aromatic N) is 1. The fraction of sp³-hybridized carbons (Fsp3) is 0.125. The third-order valence-corrected chi connectivity index (χ3v) is 3.94. The number of carbonyl (C=O) groups excluding carboxylic acids is 1. The van der Waals surface area contributed by atoms with E-state index < -0.39 is 0 Å². The van der Waals surface area contributed by atoms with Gasteiger partial charge in [-0.3, -0.25) is 4.79 Å². The third-order valence-electron chi connectivity index (χ3n) is 2.83. The molecule has 0 aliphatic rings. The summed E-state index contributed by atoms with van der Waals surface area (Å²) in [6, 6.07) is 12.3. The smallest absolute Gasteiger partial charge is 0.168 e. The minimum atomic E-state index is -0.0237. The van der Waals surface area contributed by atoms with Gasteiger partial charge in [0.15, 0.2) is 5.78 Å². The maximum Gasteiger partial charge on any atom is 0.168 e. The first-order chi connectivity index (χ1) is 10.6. The summed E-state index contributed by atoms with van der Waals surface area (Å²) in [4.78, 5) is 17.0. The highest BCUT2D eigenvalue weighted by Gasteiger charge is 2.04. The Morgan fingerprint density at radius 2 is 1.91 bits per heavy atom. The molecule has 0 spiro atoms. The predicted molar refractivity (Wildman–Crippen MR) is 92.8 cm³/mol. The van der Waals surface area contributed by atoms with Gasteiger partial charge in [0.25, 0.3) is 0 Å². The number of halogens is 3. The van der Waals surface area contributed by atoms with Crippen LogP contribution >= 0.6 is 39.1 Å². The fourth-order valence-corrected chi connectivity index (χ4v) is 2.40. The maximum atomic E-state index is 11.9. The monoisotopic (exact) mass is 399 g/mol. The van der Waals surface area contributed by atoms with Gasteiger partial charge < -0.3 is 4.84 Å². The molecule has 0 bridgehead atoms. The van der Waals surface area contributed by atoms with Crippen LogP contribution in [0.25, 0.3) is 0 Å². The van der Waals surface area contributed by atoms with Crippen LogP contribution in [0.1, 0.15) is 22.3 Å². The lowest BCUT2D eigenvalue weighted by Crippen LogP contribution is -1.99. The van der Waals surface area contributed by atoms with Gasteiger partial charge in [0.05, 0.1) is 6.21 Å². The first-order valence-electron chi connectivity index (χ1n) is 6.43. The zero-order valence-electron chi connectivity index (χ0n) is 11.4. The fourth-order valence-electron chi connectivity index (χ4n) is 1.67. The summed E-state index contributed by atoms with van der Waals surface area (Å²) >= 11 is 15.1. The normalized spacial score (nSPS) is 10.9. The molecule has 2 aromatic rings. The van der Waals surface area contributed by atoms with Gasteiger partial charge in [0.2, 0.25) is 0 Å². The van der Waals surface area contributed by atoms with E-state index in [4.69, 9.17) is 28.0 Å². The predicted octanol–water partition coefficient (Wildman–Crippen LogP) is 5.53. The number of ketones is 1. The number of Topliss-reactive ketones (excluding diaryl/α,β-unsaturated/α-hetero) is 1. The maximum absolute atomic E-state index is 11.9. The van der Waals surface area contributed by atoms with Gasteiger partial charge in [-0.1, -0.05) is 62.5 Å². The van der Waals surface area contributed by atoms with Crippen LogP contribution in [0.2, 0.25) is 10.0 Å². The summed E-state index contributed by atoms with van der Waals surface area (Å²) < 4.78 is 0.931. The average molecular weight is 401 g/mol. The van der Waals surface area contributed by atoms with Crippen molar-refractivity contribution in [2.45, 2.75) is 13.0 Å². The first-order valence-corrected chi connectivity index (χ1v) is 7.97. The van der Waals surface area contributed by atoms with E-state index in [1.54, 1.807) is 30.3 Å². The van der Waals surface area contributed by atoms with E-state index in [0.717, 1.165) is 10.0 Å². The topological polar surface area (TPSA) is 38.7 Å². The molecule has 114 valence electrons. The standard InChI is InChI=1S/C16H12BrCl2NO2/c17-13-4-1-11(2-5-13)16(21)7-8-20-22-10-12-3-6-14(18)9-15(12)19/h1-6,8-9H,7,10H2/b20-8+. The summed E-state index contributed by atoms with van der Waals surface area (Å²) in [5.41, 5.74) is 1.41. The molecule has 0 unspecified atom stereocenters. The molecule has 0 aliphatic heterocycles. The van der Waals surface area contributed by atoms with Crippen LogP contribution in [0.3, 0.4) is 0 Å². The zero-order chi connectivity index (χ0) is 15.9. The molecule has 0 radical (unpaired) electrons. The van der Waals surface area contributed by atoms with Crippen LogP contribution in [-0.4, -0.2) is 12.0 Å². The van der Waals surface area contributed by atoms with E-state index in [9.17, 15) is 4.79 Å². The quantitative estimate of drug-likeness (QED) is 0.363. The van der Waals surface area contributed by atoms with Gasteiger partial charge >= 0.3 is 0 Å². The Morgan fingerprint density at radius 3 is 2.59 bits per heavy atom. The van der Waals surface area contributed by atoms with Crippen molar-refractivity contribution in [1.29, 1.82) is 0 Å². The van der Waals surface area contributed by atoms with Gasteiger partial charge in [-0.05, 0) is 24.3 Å². The SMILES string of the molecule is O=C(C/C=N/OCc1ccc(Cl)cc1Cl)c1ccc(Br)cc1. The Morgan fingerprint density at radius 1 is 1.18 bits per heavy atom. The summed E-state index contributed by atoms with van der Waals surface area (Å²) in [7, 11) is 0. The molecule has 0 saturated heterocycles. The molecule has 0 fully saturated rings. The zero-order valence-corrected chi connectivity index (χ0v) is 14.5. The van der Waals surface area contributed by atoms with Crippen molar-refractivity contribution in [3.63, 3.8) is 0 Å². The van der Waals surface area contributed by atoms with Crippen molar-refractivity contribution in [3.8, 4) is 0 Å². The van der Waals surface area contributed by atoms with Gasteiger partial charge in [-0.15, -0.1) is 0 Å². The molecular weight excluding hydrogens is 389 g/mol. The van der Waals surface area contributed by atoms with E-state index in [-0.39, 0.29) is 18.8 Å². The highest BCUT2D eigenvalue weighted by molar-refractivity contribution is 9.10. The van der Waals surface area contributed by atoms with Crippen molar-refractivity contribution in [3.05, 3.63) is 68.1 Å². The van der Waals surface area contributed by atoms with Gasteiger partial charge in [-0.2, -0.15) is 0 Å². The molecule has 6 heteroatoms. The third kappa shape index (κ3) is 5.13. The van der Waals surface area contributed by atoms with Crippen molar-refractivity contribution >= 4 is 51.1 Å². The summed E-state index contributed by atoms with van der Waals surface area (Å²) in [6.45, 7) is 0.221. The van der Waals surface area contributed by atoms with Crippen LogP contribution in [0, 0.1) is 0 Å². The Kier molecular flexibility index (Phi) is 6.43. The Hall–Kier alpha value is -1.36. The van der Waals surface area contributed by atoms with Crippen LogP contribution in [-0.2, 0) is 11.4 Å². The average Bonchev–Trinajstić information content (AvgIpc) is 2.49. The molecule has 2 aromatic carbocycles. The number of rotatable bonds is 6. The second-order valence-electron chi connectivity index (χ2n) is 4.43. The summed E-state index contributed by atoms with van der Waals surface area (Å²) in [6.07, 6.45) is 1.62. The minimum absolute atomic E-state index is 0.0237. The van der Waals surface area contributed by atoms with E-state index in [1.165, 1.54) is 6.21 Å². The van der Waals surface area contributed by atoms with E-state index in [1.807, 2.05) is 12.1 Å². The molecule has 22 heavy (non-hydrogen) atoms. The highest BCUT2D eigenvalue weighted by atomic mass is 79.9. The number of carbonyl (C=O) groups is 1. The molecular formula is C16H12BrCl2NO2. The minimum Gasteiger partial charge on any atom is -0.391 e. The lowest BCUT2D eigenvalue weighted by molar-refractivity contribution is 0.0996. The molecule has 0 atom stereocenters. The molecule has 2 rings (SSSR count). The van der Waals surface area contributed by atoms with Crippen LogP contribution in [0.5, 0.6) is 0 Å². The van der Waals surface area contributed by atoms with Crippen molar-refractivity contribution in [1.82, 2.24) is 0 Å². The van der Waals surface area contributed by atoms with E-state index >= 15 is 0 Å². The lowest BCUT2D eigenvalue weighted by Gasteiger charge is -2.03. The Labute approximate surface area is 147 Å². The van der Waals surface area contributed by atoms with E-state index in [0.29, 0.717) is 15.6 Å². The van der Waals surface area contributed by atoms with Gasteiger partial charge in [-0.25, -0.2) is 0 Å². The lowest BCUT2D eigenvalue weighted by atomic mass is 10.1. The molecule has 0 N–H and O–H groups in total. The Bertz CT molecular complexity index is 687. The second-order valence-corrected chi connectivity index (χ2v) is 6.19. The molecule has 0 amide bonds. The Balaban J connectivity index is 1.80. The second kappa shape index (κ2) is 8.32. The number of benzene rings is 2. The van der Waals surface area contributed by atoms with Crippen molar-refractivity contribution in [2.24, 2.45) is 5.16 Å². The first kappa shape index (κ1) is 17.0. The number of oxime groups is 1. The van der Waals surface area contributed by atoms with Crippen LogP contribution < -0.4 is 0 Å². The van der Waals surface area contributed by atoms with Gasteiger partial charge in [0.1, 0.15) is 6.61 Å². The summed E-state index contributed by atoms with van der Waals surface area (Å²) in [5, 5.41) is 4.86. The van der Waals surface area contributed by atoms with E-state index in [2.05, 4.69) is 21.1 Å². The molecule has 0 heterocycles. The number of hydrogen-bond acceptors (Lipinski definition) is 3. The van der Waals surface area contributed by atoms with Gasteiger partial charge in [0, 0.05) is 32.1 Å².